The van der Waals surface area contributed by atoms with Gasteiger partial charge in [-0.1, -0.05) is 34.8 Å². The Bertz CT molecular complexity index is 424. The average Bonchev–Trinajstić information content (AvgIpc) is 2.33. The van der Waals surface area contributed by atoms with Crippen LogP contribution in [0.1, 0.15) is 0 Å². The second-order valence-corrected chi connectivity index (χ2v) is 7.40. The minimum Gasteiger partial charge on any atom is -0.456 e. The van der Waals surface area contributed by atoms with Gasteiger partial charge in [-0.2, -0.15) is 0 Å². The number of nitrogens with two attached hydrogens (primary N) is 1. The first-order valence-corrected chi connectivity index (χ1v) is 7.14. The third-order valence-corrected chi connectivity index (χ3v) is 4.00. The van der Waals surface area contributed by atoms with E-state index >= 15 is 0 Å². The molecule has 0 unspecified atom stereocenters. The Hall–Kier alpha value is -0.140. The largest absolute Gasteiger partial charge is 0.456 e. The van der Waals surface area contributed by atoms with Gasteiger partial charge in [-0.15, -0.1) is 11.8 Å². The number of alkyl halides is 3. The van der Waals surface area contributed by atoms with Crippen molar-refractivity contribution in [2.75, 3.05) is 12.4 Å². The lowest BCUT2D eigenvalue weighted by molar-refractivity contribution is -0.150. The highest BCUT2D eigenvalue weighted by atomic mass is 35.6. The molecule has 18 heavy (non-hydrogen) atoms. The fourth-order valence-electron chi connectivity index (χ4n) is 1.65. The van der Waals surface area contributed by atoms with Gasteiger partial charge in [0.05, 0.1) is 0 Å². The Morgan fingerprint density at radius 2 is 2.28 bits per heavy atom. The highest BCUT2D eigenvalue weighted by Crippen LogP contribution is 2.37. The summed E-state index contributed by atoms with van der Waals surface area (Å²) in [4.78, 5) is 24.7. The second-order valence-electron chi connectivity index (χ2n) is 3.74. The van der Waals surface area contributed by atoms with Gasteiger partial charge in [0.15, 0.2) is 0 Å². The van der Waals surface area contributed by atoms with Crippen molar-refractivity contribution in [1.82, 2.24) is 4.90 Å². The predicted molar refractivity (Wildman–Crippen MR) is 70.4 cm³/mol. The predicted octanol–water partition coefficient (Wildman–Crippen LogP) is 1.03. The normalized spacial score (nSPS) is 27.2. The van der Waals surface area contributed by atoms with Crippen molar-refractivity contribution < 1.29 is 14.3 Å². The molecule has 1 amide bonds. The van der Waals surface area contributed by atoms with Gasteiger partial charge in [0, 0.05) is 5.75 Å². The number of β-lactam (4-membered cyclic amide) rings is 1. The molecular weight excluding hydrogens is 323 g/mol. The third kappa shape index (κ3) is 2.72. The van der Waals surface area contributed by atoms with Crippen molar-refractivity contribution in [3.63, 3.8) is 0 Å². The summed E-state index contributed by atoms with van der Waals surface area (Å²) in [5.41, 5.74) is 5.79. The van der Waals surface area contributed by atoms with Crippen LogP contribution in [0.15, 0.2) is 11.8 Å². The standard InChI is InChI=1S/C9H9Cl3N2O3S/c10-9(11,12)3-17-8(16)4-1-2-18-7-5(13)6(15)14(4)7/h1,5,7H,2-3,13H2/t5-,7+/m1/s1. The Morgan fingerprint density at radius 1 is 1.61 bits per heavy atom. The van der Waals surface area contributed by atoms with Crippen molar-refractivity contribution in [1.29, 1.82) is 0 Å². The first-order chi connectivity index (χ1) is 8.31. The highest BCUT2D eigenvalue weighted by molar-refractivity contribution is 8.00. The van der Waals surface area contributed by atoms with Crippen molar-refractivity contribution in [3.8, 4) is 0 Å². The number of hydrogen-bond acceptors (Lipinski definition) is 5. The zero-order valence-corrected chi connectivity index (χ0v) is 12.0. The summed E-state index contributed by atoms with van der Waals surface area (Å²) in [6.07, 6.45) is 1.60. The molecule has 2 rings (SSSR count). The van der Waals surface area contributed by atoms with Crippen LogP contribution in [0.5, 0.6) is 0 Å². The molecule has 0 radical (unpaired) electrons. The van der Waals surface area contributed by atoms with Crippen LogP contribution in [0, 0.1) is 0 Å². The molecule has 1 saturated heterocycles. The summed E-state index contributed by atoms with van der Waals surface area (Å²) < 4.78 is 3.16. The lowest BCUT2D eigenvalue weighted by atomic mass is 10.1. The molecule has 5 nitrogen and oxygen atoms in total. The Morgan fingerprint density at radius 3 is 2.89 bits per heavy atom. The van der Waals surface area contributed by atoms with Gasteiger partial charge in [0.1, 0.15) is 23.7 Å². The van der Waals surface area contributed by atoms with E-state index in [4.69, 9.17) is 45.3 Å². The minimum atomic E-state index is -1.67. The van der Waals surface area contributed by atoms with E-state index in [1.807, 2.05) is 0 Å². The molecule has 2 heterocycles. The van der Waals surface area contributed by atoms with Crippen LogP contribution < -0.4 is 5.73 Å². The van der Waals surface area contributed by atoms with Gasteiger partial charge in [-0.3, -0.25) is 9.69 Å². The number of amides is 1. The number of carbonyl (C=O) groups is 2. The number of halogens is 3. The molecular formula is C9H9Cl3N2O3S. The number of carbonyl (C=O) groups excluding carboxylic acids is 2. The number of fused-ring (bicyclic) bond motifs is 1. The molecule has 2 N–H and O–H groups in total. The van der Waals surface area contributed by atoms with Crippen LogP contribution in [0.25, 0.3) is 0 Å². The Kier molecular flexibility index (Phi) is 4.04. The van der Waals surface area contributed by atoms with E-state index in [1.165, 1.54) is 16.7 Å². The van der Waals surface area contributed by atoms with Crippen LogP contribution in [0.3, 0.4) is 0 Å². The van der Waals surface area contributed by atoms with Gasteiger partial charge in [0.2, 0.25) is 9.70 Å². The number of nitrogens with zero attached hydrogens (tertiary/aromatic N) is 1. The van der Waals surface area contributed by atoms with Crippen molar-refractivity contribution in [2.45, 2.75) is 15.2 Å². The third-order valence-electron chi connectivity index (χ3n) is 2.46. The van der Waals surface area contributed by atoms with E-state index in [0.717, 1.165) is 0 Å². The summed E-state index contributed by atoms with van der Waals surface area (Å²) >= 11 is 17.9. The second kappa shape index (κ2) is 5.09. The van der Waals surface area contributed by atoms with Gasteiger partial charge >= 0.3 is 5.97 Å². The van der Waals surface area contributed by atoms with Crippen LogP contribution in [-0.4, -0.2) is 44.3 Å². The van der Waals surface area contributed by atoms with E-state index in [0.29, 0.717) is 5.75 Å². The monoisotopic (exact) mass is 330 g/mol. The first kappa shape index (κ1) is 14.3. The van der Waals surface area contributed by atoms with Crippen LogP contribution in [0.4, 0.5) is 0 Å². The summed E-state index contributed by atoms with van der Waals surface area (Å²) in [6, 6.07) is -0.570. The fraction of sp³-hybridized carbons (Fsp3) is 0.556. The van der Waals surface area contributed by atoms with Crippen LogP contribution >= 0.6 is 46.6 Å². The van der Waals surface area contributed by atoms with Gasteiger partial charge in [-0.05, 0) is 6.08 Å². The van der Waals surface area contributed by atoms with Crippen LogP contribution in [-0.2, 0) is 14.3 Å². The number of thioether (sulfide) groups is 1. The Balaban J connectivity index is 2.02. The molecule has 0 saturated carbocycles. The zero-order valence-electron chi connectivity index (χ0n) is 8.94. The van der Waals surface area contributed by atoms with Crippen LogP contribution in [0.2, 0.25) is 0 Å². The Labute approximate surface area is 123 Å². The summed E-state index contributed by atoms with van der Waals surface area (Å²) in [6.45, 7) is -0.375. The fourth-order valence-corrected chi connectivity index (χ4v) is 2.95. The number of ether oxygens (including phenoxy) is 1. The van der Waals surface area contributed by atoms with E-state index in [2.05, 4.69) is 0 Å². The molecule has 0 aliphatic carbocycles. The van der Waals surface area contributed by atoms with Crippen molar-refractivity contribution in [2.24, 2.45) is 5.73 Å². The molecule has 9 heteroatoms. The summed E-state index contributed by atoms with van der Waals surface area (Å²) in [5.74, 6) is -0.406. The lowest BCUT2D eigenvalue weighted by Gasteiger charge is -2.46. The maximum absolute atomic E-state index is 11.8. The summed E-state index contributed by atoms with van der Waals surface area (Å²) in [5, 5.41) is -0.210. The SMILES string of the molecule is N[C@@H]1C(=O)N2C(C(=O)OCC(Cl)(Cl)Cl)=CCS[C@@H]12. The number of rotatable bonds is 2. The van der Waals surface area contributed by atoms with E-state index in [-0.39, 0.29) is 23.6 Å². The molecule has 0 aromatic carbocycles. The molecule has 2 aliphatic rings. The molecule has 1 fully saturated rings. The smallest absolute Gasteiger partial charge is 0.354 e. The molecule has 100 valence electrons. The van der Waals surface area contributed by atoms with Gasteiger partial charge < -0.3 is 10.5 Å². The van der Waals surface area contributed by atoms with Gasteiger partial charge in [-0.25, -0.2) is 4.79 Å². The molecule has 2 atom stereocenters. The zero-order chi connectivity index (χ0) is 13.5. The molecule has 2 aliphatic heterocycles. The molecule has 0 aromatic heterocycles. The molecule has 0 spiro atoms. The number of hydrogen-bond donors (Lipinski definition) is 1. The highest BCUT2D eigenvalue weighted by Gasteiger charge is 2.50. The maximum Gasteiger partial charge on any atom is 0.354 e. The van der Waals surface area contributed by atoms with E-state index in [1.54, 1.807) is 6.08 Å². The molecule has 0 bridgehead atoms. The maximum atomic E-state index is 11.8. The topological polar surface area (TPSA) is 72.6 Å². The number of esters is 1. The van der Waals surface area contributed by atoms with Crippen molar-refractivity contribution in [3.05, 3.63) is 11.8 Å². The summed E-state index contributed by atoms with van der Waals surface area (Å²) in [7, 11) is 0. The average molecular weight is 332 g/mol. The molecule has 0 aromatic rings. The minimum absolute atomic E-state index is 0.166. The lowest BCUT2D eigenvalue weighted by Crippen LogP contribution is -2.68. The van der Waals surface area contributed by atoms with E-state index < -0.39 is 15.8 Å². The quantitative estimate of drug-likeness (QED) is 0.465. The van der Waals surface area contributed by atoms with E-state index in [9.17, 15) is 9.59 Å². The van der Waals surface area contributed by atoms with Gasteiger partial charge in [0.25, 0.3) is 0 Å². The first-order valence-electron chi connectivity index (χ1n) is 4.95. The van der Waals surface area contributed by atoms with Crippen molar-refractivity contribution >= 4 is 58.4 Å².